The van der Waals surface area contributed by atoms with Gasteiger partial charge in [0.15, 0.2) is 0 Å². The Morgan fingerprint density at radius 1 is 1.10 bits per heavy atom. The minimum atomic E-state index is -3.66. The van der Waals surface area contributed by atoms with E-state index in [2.05, 4.69) is 36.6 Å². The molecule has 0 aliphatic carbocycles. The largest absolute Gasteiger partial charge is 0.398 e. The molecule has 0 amide bonds. The first kappa shape index (κ1) is 15.3. The third kappa shape index (κ3) is 3.34. The Bertz CT molecular complexity index is 744. The smallest absolute Gasteiger partial charge is 0.262 e. The lowest BCUT2D eigenvalue weighted by atomic mass is 10.2. The summed E-state index contributed by atoms with van der Waals surface area (Å²) < 4.78 is 28.8. The van der Waals surface area contributed by atoms with Crippen LogP contribution in [0.1, 0.15) is 5.56 Å². The molecule has 106 valence electrons. The molecule has 7 heteroatoms. The molecule has 0 spiro atoms. The van der Waals surface area contributed by atoms with Crippen LogP contribution in [0.15, 0.2) is 50.2 Å². The van der Waals surface area contributed by atoms with E-state index < -0.39 is 10.0 Å². The first-order valence-corrected chi connectivity index (χ1v) is 8.70. The first-order valence-electron chi connectivity index (χ1n) is 5.63. The molecule has 3 N–H and O–H groups in total. The highest BCUT2D eigenvalue weighted by Crippen LogP contribution is 2.28. The number of aryl methyl sites for hydroxylation is 1. The summed E-state index contributed by atoms with van der Waals surface area (Å²) in [6, 6.07) is 10.0. The van der Waals surface area contributed by atoms with Crippen LogP contribution in [0.4, 0.5) is 11.4 Å². The van der Waals surface area contributed by atoms with Crippen molar-refractivity contribution in [3.8, 4) is 0 Å². The van der Waals surface area contributed by atoms with Gasteiger partial charge in [0.2, 0.25) is 0 Å². The van der Waals surface area contributed by atoms with Gasteiger partial charge in [-0.3, -0.25) is 4.72 Å². The number of nitrogens with one attached hydrogen (secondary N) is 1. The van der Waals surface area contributed by atoms with E-state index in [9.17, 15) is 8.42 Å². The minimum absolute atomic E-state index is 0.168. The van der Waals surface area contributed by atoms with Crippen LogP contribution in [-0.4, -0.2) is 8.42 Å². The number of halogens is 2. The fourth-order valence-corrected chi connectivity index (χ4v) is 3.73. The summed E-state index contributed by atoms with van der Waals surface area (Å²) in [6.07, 6.45) is 0. The normalized spacial score (nSPS) is 11.3. The predicted octanol–water partition coefficient (Wildman–Crippen LogP) is 3.90. The van der Waals surface area contributed by atoms with E-state index in [4.69, 9.17) is 5.73 Å². The van der Waals surface area contributed by atoms with Gasteiger partial charge in [-0.25, -0.2) is 8.42 Å². The number of rotatable bonds is 3. The van der Waals surface area contributed by atoms with Gasteiger partial charge in [-0.2, -0.15) is 0 Å². The Morgan fingerprint density at radius 2 is 1.70 bits per heavy atom. The number of benzene rings is 2. The molecule has 0 bridgehead atoms. The van der Waals surface area contributed by atoms with Crippen molar-refractivity contribution >= 4 is 53.3 Å². The molecule has 2 rings (SSSR count). The average molecular weight is 420 g/mol. The zero-order valence-corrected chi connectivity index (χ0v) is 14.5. The Hall–Kier alpha value is -1.05. The molecular formula is C13H12Br2N2O2S. The molecule has 0 heterocycles. The molecule has 0 aliphatic heterocycles. The lowest BCUT2D eigenvalue weighted by molar-refractivity contribution is 0.600. The molecule has 0 unspecified atom stereocenters. The highest BCUT2D eigenvalue weighted by Gasteiger charge is 2.18. The van der Waals surface area contributed by atoms with Crippen molar-refractivity contribution in [3.05, 3.63) is 50.9 Å². The molecule has 2 aromatic rings. The van der Waals surface area contributed by atoms with E-state index in [1.165, 1.54) is 6.07 Å². The van der Waals surface area contributed by atoms with E-state index >= 15 is 0 Å². The Labute approximate surface area is 134 Å². The second kappa shape index (κ2) is 5.75. The SMILES string of the molecule is Cc1cc(Br)c(N)cc1S(=O)(=O)Nc1ccc(Br)cc1. The van der Waals surface area contributed by atoms with Gasteiger partial charge in [-0.1, -0.05) is 15.9 Å². The van der Waals surface area contributed by atoms with Crippen LogP contribution in [0.3, 0.4) is 0 Å². The summed E-state index contributed by atoms with van der Waals surface area (Å²) in [6.45, 7) is 1.72. The van der Waals surface area contributed by atoms with Gasteiger partial charge in [0.05, 0.1) is 4.90 Å². The standard InChI is InChI=1S/C13H12Br2N2O2S/c1-8-6-11(15)12(16)7-13(8)20(18,19)17-10-4-2-9(14)3-5-10/h2-7,17H,16H2,1H3. The Morgan fingerprint density at radius 3 is 2.30 bits per heavy atom. The van der Waals surface area contributed by atoms with Crippen molar-refractivity contribution in [1.82, 2.24) is 0 Å². The van der Waals surface area contributed by atoms with Crippen LogP contribution in [0, 0.1) is 6.92 Å². The van der Waals surface area contributed by atoms with Crippen molar-refractivity contribution < 1.29 is 8.42 Å². The average Bonchev–Trinajstić information content (AvgIpc) is 2.36. The van der Waals surface area contributed by atoms with Gasteiger partial charge in [0.1, 0.15) is 0 Å². The second-order valence-corrected chi connectivity index (χ2v) is 7.67. The summed E-state index contributed by atoms with van der Waals surface area (Å²) in [5, 5.41) is 0. The Balaban J connectivity index is 2.40. The van der Waals surface area contributed by atoms with Crippen molar-refractivity contribution in [2.45, 2.75) is 11.8 Å². The highest BCUT2D eigenvalue weighted by molar-refractivity contribution is 9.10. The molecule has 0 aliphatic rings. The molecule has 2 aromatic carbocycles. The molecule has 0 radical (unpaired) electrons. The van der Waals surface area contributed by atoms with Crippen LogP contribution >= 0.6 is 31.9 Å². The fourth-order valence-electron chi connectivity index (χ4n) is 1.69. The van der Waals surface area contributed by atoms with Gasteiger partial charge in [-0.15, -0.1) is 0 Å². The summed E-state index contributed by atoms with van der Waals surface area (Å²) in [4.78, 5) is 0.168. The van der Waals surface area contributed by atoms with Crippen LogP contribution in [0.5, 0.6) is 0 Å². The van der Waals surface area contributed by atoms with E-state index in [0.717, 1.165) is 4.47 Å². The second-order valence-electron chi connectivity index (χ2n) is 4.25. The van der Waals surface area contributed by atoms with Crippen LogP contribution in [-0.2, 0) is 10.0 Å². The van der Waals surface area contributed by atoms with Crippen LogP contribution < -0.4 is 10.5 Å². The Kier molecular flexibility index (Phi) is 4.41. The molecule has 0 saturated heterocycles. The molecule has 0 atom stereocenters. The number of nitrogen functional groups attached to an aromatic ring is 1. The summed E-state index contributed by atoms with van der Waals surface area (Å²) in [5.41, 5.74) is 7.25. The maximum absolute atomic E-state index is 12.4. The predicted molar refractivity (Wildman–Crippen MR) is 88.2 cm³/mol. The van der Waals surface area contributed by atoms with Gasteiger partial charge in [0.25, 0.3) is 10.0 Å². The van der Waals surface area contributed by atoms with Gasteiger partial charge >= 0.3 is 0 Å². The third-order valence-corrected chi connectivity index (χ3v) is 5.42. The van der Waals surface area contributed by atoms with Crippen molar-refractivity contribution in [1.29, 1.82) is 0 Å². The van der Waals surface area contributed by atoms with Crippen molar-refractivity contribution in [2.75, 3.05) is 10.5 Å². The number of sulfonamides is 1. The first-order chi connectivity index (χ1) is 9.29. The van der Waals surface area contributed by atoms with Crippen LogP contribution in [0.25, 0.3) is 0 Å². The zero-order valence-electron chi connectivity index (χ0n) is 10.5. The van der Waals surface area contributed by atoms with E-state index in [1.807, 2.05) is 0 Å². The van der Waals surface area contributed by atoms with E-state index in [0.29, 0.717) is 21.4 Å². The maximum atomic E-state index is 12.4. The van der Waals surface area contributed by atoms with E-state index in [1.54, 1.807) is 37.3 Å². The van der Waals surface area contributed by atoms with Gasteiger partial charge < -0.3 is 5.73 Å². The summed E-state index contributed by atoms with van der Waals surface area (Å²) in [5.74, 6) is 0. The number of hydrogen-bond donors (Lipinski definition) is 2. The van der Waals surface area contributed by atoms with E-state index in [-0.39, 0.29) is 4.90 Å². The lowest BCUT2D eigenvalue weighted by Crippen LogP contribution is -2.14. The highest BCUT2D eigenvalue weighted by atomic mass is 79.9. The molecular weight excluding hydrogens is 408 g/mol. The quantitative estimate of drug-likeness (QED) is 0.741. The maximum Gasteiger partial charge on any atom is 0.262 e. The molecule has 0 aromatic heterocycles. The third-order valence-electron chi connectivity index (χ3n) is 2.68. The van der Waals surface area contributed by atoms with Gasteiger partial charge in [0, 0.05) is 20.3 Å². The summed E-state index contributed by atoms with van der Waals surface area (Å²) >= 11 is 6.58. The molecule has 0 saturated carbocycles. The fraction of sp³-hybridized carbons (Fsp3) is 0.0769. The topological polar surface area (TPSA) is 72.2 Å². The minimum Gasteiger partial charge on any atom is -0.398 e. The summed E-state index contributed by atoms with van der Waals surface area (Å²) in [7, 11) is -3.66. The van der Waals surface area contributed by atoms with Crippen LogP contribution in [0.2, 0.25) is 0 Å². The van der Waals surface area contributed by atoms with Crippen molar-refractivity contribution in [3.63, 3.8) is 0 Å². The monoisotopic (exact) mass is 418 g/mol. The van der Waals surface area contributed by atoms with Gasteiger partial charge in [-0.05, 0) is 64.8 Å². The van der Waals surface area contributed by atoms with Crippen molar-refractivity contribution in [2.24, 2.45) is 0 Å². The molecule has 4 nitrogen and oxygen atoms in total. The molecule has 0 fully saturated rings. The molecule has 20 heavy (non-hydrogen) atoms. The number of nitrogens with two attached hydrogens (primary N) is 1. The number of hydrogen-bond acceptors (Lipinski definition) is 3. The zero-order chi connectivity index (χ0) is 14.9. The lowest BCUT2D eigenvalue weighted by Gasteiger charge is -2.12. The number of anilines is 2.